The van der Waals surface area contributed by atoms with Gasteiger partial charge in [-0.1, -0.05) is 99.9 Å². The van der Waals surface area contributed by atoms with Crippen LogP contribution in [0.3, 0.4) is 0 Å². The van der Waals surface area contributed by atoms with E-state index in [9.17, 15) is 43.5 Å². The third-order valence-electron chi connectivity index (χ3n) is 8.24. The number of β-lactam (4-membered cyclic amide) rings is 1. The van der Waals surface area contributed by atoms with Crippen molar-refractivity contribution in [2.45, 2.75) is 31.6 Å². The summed E-state index contributed by atoms with van der Waals surface area (Å²) in [4.78, 5) is 105. The van der Waals surface area contributed by atoms with Crippen LogP contribution in [0.5, 0.6) is 11.5 Å². The molecule has 26 heteroatoms. The standard InChI is InChI=1S/C35H27Cl6N3O16S/c1-15(45)55-10-17-12-61-30-35(54-2,29(51)44(30)24(17)28(49)50)43-27(48)23(16-6-4-3-5-7-16)42-26(47)19-11-56-20-9-22(60-32(53)58-14-34(39,40)41)21(8-18(20)25(19)46)59-31(52)57-13-33(36,37)38/h3-9,11,23,30H,10,12-14H2,1-2H3,(H,42,47)(H,43,48)(H,49,50)/t23?,30-,35-/m0/s1. The van der Waals surface area contributed by atoms with Gasteiger partial charge in [0.25, 0.3) is 17.5 Å². The average molecular weight is 990 g/mol. The van der Waals surface area contributed by atoms with Crippen molar-refractivity contribution in [1.29, 1.82) is 0 Å². The molecule has 3 atom stereocenters. The number of hydrogen-bond acceptors (Lipinski definition) is 16. The van der Waals surface area contributed by atoms with Crippen LogP contribution in [-0.4, -0.2) is 103 Å². The topological polar surface area (TPSA) is 253 Å². The zero-order valence-electron chi connectivity index (χ0n) is 30.8. The van der Waals surface area contributed by atoms with E-state index in [1.165, 1.54) is 24.3 Å². The number of aliphatic carboxylic acids is 1. The van der Waals surface area contributed by atoms with Gasteiger partial charge in [0.05, 0.1) is 5.39 Å². The third kappa shape index (κ3) is 11.2. The number of carboxylic acids is 1. The second-order valence-electron chi connectivity index (χ2n) is 12.4. The number of carboxylic acid groups (broad SMARTS) is 1. The SMILES string of the molecule is CO[C@@]1(NC(=O)C(NC(=O)c2coc3cc(OC(=O)OCC(Cl)(Cl)Cl)c(OC(=O)OCC(Cl)(Cl)Cl)cc3c2=O)c2ccccc2)C(=O)N2C(C(=O)O)=C(COC(C)=O)CS[C@H]21. The Labute approximate surface area is 376 Å². The fourth-order valence-corrected chi connectivity index (χ4v) is 7.37. The highest BCUT2D eigenvalue weighted by atomic mass is 35.6. The van der Waals surface area contributed by atoms with E-state index in [1.807, 2.05) is 0 Å². The smallest absolute Gasteiger partial charge is 0.477 e. The second kappa shape index (κ2) is 19.2. The summed E-state index contributed by atoms with van der Waals surface area (Å²) in [5.41, 5.74) is -4.42. The monoisotopic (exact) mass is 987 g/mol. The van der Waals surface area contributed by atoms with Crippen molar-refractivity contribution in [2.75, 3.05) is 32.7 Å². The quantitative estimate of drug-likeness (QED) is 0.0490. The van der Waals surface area contributed by atoms with E-state index >= 15 is 0 Å². The highest BCUT2D eigenvalue weighted by Gasteiger charge is 2.67. The summed E-state index contributed by atoms with van der Waals surface area (Å²) in [7, 11) is 1.10. The maximum atomic E-state index is 14.1. The summed E-state index contributed by atoms with van der Waals surface area (Å²) in [5.74, 6) is -6.69. The molecular formula is C35H27Cl6N3O16S. The predicted molar refractivity (Wildman–Crippen MR) is 216 cm³/mol. The van der Waals surface area contributed by atoms with E-state index < -0.39 is 120 Å². The van der Waals surface area contributed by atoms with E-state index in [0.29, 0.717) is 0 Å². The molecule has 326 valence electrons. The number of methoxy groups -OCH3 is 1. The molecule has 3 amide bonds. The van der Waals surface area contributed by atoms with Crippen molar-refractivity contribution in [3.63, 3.8) is 0 Å². The van der Waals surface area contributed by atoms with Crippen molar-refractivity contribution in [1.82, 2.24) is 15.5 Å². The molecule has 61 heavy (non-hydrogen) atoms. The number of amides is 3. The van der Waals surface area contributed by atoms with Crippen molar-refractivity contribution in [2.24, 2.45) is 0 Å². The first-order valence-electron chi connectivity index (χ1n) is 16.7. The Morgan fingerprint density at radius 3 is 2.07 bits per heavy atom. The van der Waals surface area contributed by atoms with Crippen LogP contribution in [0, 0.1) is 0 Å². The summed E-state index contributed by atoms with van der Waals surface area (Å²) in [5, 5.41) is 13.3. The lowest BCUT2D eigenvalue weighted by molar-refractivity contribution is -0.193. The van der Waals surface area contributed by atoms with E-state index in [4.69, 9.17) is 102 Å². The molecule has 3 heterocycles. The van der Waals surface area contributed by atoms with Crippen LogP contribution in [0.25, 0.3) is 11.0 Å². The van der Waals surface area contributed by atoms with E-state index in [-0.39, 0.29) is 22.5 Å². The number of rotatable bonds is 13. The first-order chi connectivity index (χ1) is 28.5. The molecule has 0 aliphatic carbocycles. The van der Waals surface area contributed by atoms with Gasteiger partial charge < -0.3 is 48.6 Å². The molecule has 2 aliphatic heterocycles. The number of hydrogen-bond donors (Lipinski definition) is 3. The largest absolute Gasteiger partial charge is 0.514 e. The number of ether oxygens (including phenoxy) is 6. The zero-order chi connectivity index (χ0) is 45.0. The second-order valence-corrected chi connectivity index (χ2v) is 18.5. The summed E-state index contributed by atoms with van der Waals surface area (Å²) >= 11 is 34.7. The van der Waals surface area contributed by atoms with E-state index in [2.05, 4.69) is 10.6 Å². The minimum atomic E-state index is -2.14. The Morgan fingerprint density at radius 1 is 0.934 bits per heavy atom. The molecule has 3 aromatic rings. The number of carbonyl (C=O) groups excluding carboxylic acids is 6. The summed E-state index contributed by atoms with van der Waals surface area (Å²) in [6.45, 7) is -0.847. The van der Waals surface area contributed by atoms with Crippen LogP contribution in [0.2, 0.25) is 0 Å². The molecule has 3 N–H and O–H groups in total. The molecule has 0 bridgehead atoms. The molecule has 19 nitrogen and oxygen atoms in total. The molecule has 0 spiro atoms. The van der Waals surface area contributed by atoms with Gasteiger partial charge in [0, 0.05) is 31.4 Å². The van der Waals surface area contributed by atoms with Crippen molar-refractivity contribution in [3.05, 3.63) is 81.3 Å². The minimum absolute atomic E-state index is 0.0295. The Kier molecular flexibility index (Phi) is 14.9. The van der Waals surface area contributed by atoms with Crippen molar-refractivity contribution >= 4 is 134 Å². The highest BCUT2D eigenvalue weighted by Crippen LogP contribution is 2.47. The molecule has 1 unspecified atom stereocenters. The van der Waals surface area contributed by atoms with Crippen LogP contribution in [-0.2, 0) is 38.1 Å². The lowest BCUT2D eigenvalue weighted by Gasteiger charge is -2.56. The van der Waals surface area contributed by atoms with Gasteiger partial charge in [0.2, 0.25) is 18.9 Å². The number of benzene rings is 2. The number of halogens is 6. The average Bonchev–Trinajstić information content (AvgIpc) is 3.19. The molecule has 2 aliphatic rings. The number of alkyl halides is 6. The van der Waals surface area contributed by atoms with Crippen LogP contribution in [0.1, 0.15) is 28.9 Å². The Hall–Kier alpha value is -4.67. The van der Waals surface area contributed by atoms with Crippen LogP contribution in [0.15, 0.2) is 69.2 Å². The van der Waals surface area contributed by atoms with Gasteiger partial charge in [0.1, 0.15) is 54.3 Å². The lowest BCUT2D eigenvalue weighted by Crippen LogP contribution is -2.81. The van der Waals surface area contributed by atoms with Crippen LogP contribution < -0.4 is 25.5 Å². The van der Waals surface area contributed by atoms with Gasteiger partial charge in [-0.05, 0) is 11.6 Å². The molecule has 0 saturated carbocycles. The first kappa shape index (κ1) is 47.4. The van der Waals surface area contributed by atoms with E-state index in [0.717, 1.165) is 49.1 Å². The molecule has 1 fully saturated rings. The number of fused-ring (bicyclic) bond motifs is 2. The zero-order valence-corrected chi connectivity index (χ0v) is 36.1. The molecule has 5 rings (SSSR count). The number of thioether (sulfide) groups is 1. The molecule has 1 aromatic heterocycles. The normalized spacial score (nSPS) is 17.9. The van der Waals surface area contributed by atoms with Gasteiger partial charge in [-0.15, -0.1) is 11.8 Å². The van der Waals surface area contributed by atoms with Crippen molar-refractivity contribution < 1.29 is 71.5 Å². The van der Waals surface area contributed by atoms with E-state index in [1.54, 1.807) is 6.07 Å². The fraction of sp³-hybridized carbons (Fsp3) is 0.314. The van der Waals surface area contributed by atoms with Crippen LogP contribution >= 0.6 is 81.4 Å². The maximum absolute atomic E-state index is 14.1. The number of carbonyl (C=O) groups is 7. The molecule has 2 aromatic carbocycles. The van der Waals surface area contributed by atoms with Gasteiger partial charge in [-0.25, -0.2) is 14.4 Å². The van der Waals surface area contributed by atoms with Gasteiger partial charge in [-0.2, -0.15) is 0 Å². The number of esters is 1. The van der Waals surface area contributed by atoms with Crippen molar-refractivity contribution in [3.8, 4) is 11.5 Å². The lowest BCUT2D eigenvalue weighted by atomic mass is 9.96. The molecule has 0 radical (unpaired) electrons. The summed E-state index contributed by atoms with van der Waals surface area (Å²) in [6.07, 6.45) is -2.26. The highest BCUT2D eigenvalue weighted by molar-refractivity contribution is 8.00. The predicted octanol–water partition coefficient (Wildman–Crippen LogP) is 5.31. The van der Waals surface area contributed by atoms with Gasteiger partial charge in [0.15, 0.2) is 11.5 Å². The molecule has 1 saturated heterocycles. The van der Waals surface area contributed by atoms with Gasteiger partial charge in [-0.3, -0.25) is 28.9 Å². The summed E-state index contributed by atoms with van der Waals surface area (Å²) < 4.78 is 31.5. The number of nitrogens with zero attached hydrogens (tertiary/aromatic N) is 1. The Morgan fingerprint density at radius 2 is 1.52 bits per heavy atom. The Bertz CT molecular complexity index is 2370. The van der Waals surface area contributed by atoms with Gasteiger partial charge >= 0.3 is 24.2 Å². The minimum Gasteiger partial charge on any atom is -0.477 e. The first-order valence-corrected chi connectivity index (χ1v) is 20.1. The fourth-order valence-electron chi connectivity index (χ4n) is 5.63. The number of nitrogens with one attached hydrogen (secondary N) is 2. The molecular weight excluding hydrogens is 963 g/mol. The third-order valence-corrected chi connectivity index (χ3v) is 10.3. The van der Waals surface area contributed by atoms with Crippen LogP contribution in [0.4, 0.5) is 9.59 Å². The Balaban J connectivity index is 1.45. The summed E-state index contributed by atoms with van der Waals surface area (Å²) in [6, 6.07) is 7.69. The maximum Gasteiger partial charge on any atom is 0.514 e.